The monoisotopic (exact) mass is 440 g/mol. The first-order chi connectivity index (χ1) is 15.6. The van der Waals surface area contributed by atoms with Gasteiger partial charge in [-0.15, -0.1) is 0 Å². The fourth-order valence-electron chi connectivity index (χ4n) is 3.69. The molecule has 0 bridgehead atoms. The first-order valence-electron chi connectivity index (χ1n) is 10.3. The second-order valence-corrected chi connectivity index (χ2v) is 7.30. The molecule has 2 saturated heterocycles. The van der Waals surface area contributed by atoms with Crippen LogP contribution in [0.4, 0.5) is 17.1 Å². The van der Waals surface area contributed by atoms with Crippen LogP contribution in [0, 0.1) is 10.1 Å². The van der Waals surface area contributed by atoms with Gasteiger partial charge in [-0.2, -0.15) is 5.10 Å². The summed E-state index contributed by atoms with van der Waals surface area (Å²) in [5, 5.41) is 15.9. The van der Waals surface area contributed by atoms with Gasteiger partial charge in [-0.25, -0.2) is 5.43 Å². The first kappa shape index (κ1) is 21.7. The third-order valence-electron chi connectivity index (χ3n) is 5.32. The number of carbonyl (C=O) groups is 1. The fraction of sp³-hybridized carbons (Fsp3) is 0.381. The maximum absolute atomic E-state index is 12.2. The van der Waals surface area contributed by atoms with E-state index in [1.54, 1.807) is 18.3 Å². The number of nitrogens with zero attached hydrogens (tertiary/aromatic N) is 5. The van der Waals surface area contributed by atoms with Gasteiger partial charge in [0.1, 0.15) is 5.69 Å². The quantitative estimate of drug-likeness (QED) is 0.407. The first-order valence-corrected chi connectivity index (χ1v) is 10.3. The second kappa shape index (κ2) is 10.2. The number of rotatable bonds is 6. The number of hydrogen-bond donors (Lipinski definition) is 1. The van der Waals surface area contributed by atoms with Crippen LogP contribution in [-0.2, 0) is 9.47 Å². The normalized spacial score (nSPS) is 16.9. The van der Waals surface area contributed by atoms with Gasteiger partial charge >= 0.3 is 0 Å². The van der Waals surface area contributed by atoms with Gasteiger partial charge in [0.05, 0.1) is 43.1 Å². The lowest BCUT2D eigenvalue weighted by Gasteiger charge is -2.33. The Morgan fingerprint density at radius 1 is 1.09 bits per heavy atom. The molecule has 1 aromatic heterocycles. The Balaban J connectivity index is 1.66. The van der Waals surface area contributed by atoms with E-state index in [1.165, 1.54) is 18.5 Å². The number of ether oxygens (including phenoxy) is 2. The molecule has 4 rings (SSSR count). The van der Waals surface area contributed by atoms with Crippen LogP contribution in [0.2, 0.25) is 0 Å². The van der Waals surface area contributed by atoms with Gasteiger partial charge in [-0.3, -0.25) is 19.9 Å². The summed E-state index contributed by atoms with van der Waals surface area (Å²) in [7, 11) is 0. The average Bonchev–Trinajstić information content (AvgIpc) is 2.85. The molecular weight excluding hydrogens is 416 g/mol. The molecule has 0 atom stereocenters. The molecule has 32 heavy (non-hydrogen) atoms. The second-order valence-electron chi connectivity index (χ2n) is 7.30. The van der Waals surface area contributed by atoms with Crippen molar-refractivity contribution in [3.63, 3.8) is 0 Å². The van der Waals surface area contributed by atoms with Crippen LogP contribution in [0.3, 0.4) is 0 Å². The van der Waals surface area contributed by atoms with E-state index in [9.17, 15) is 14.9 Å². The number of hydrazone groups is 1. The Bertz CT molecular complexity index is 988. The average molecular weight is 440 g/mol. The zero-order chi connectivity index (χ0) is 22.3. The molecule has 168 valence electrons. The predicted molar refractivity (Wildman–Crippen MR) is 118 cm³/mol. The lowest BCUT2D eigenvalue weighted by Crippen LogP contribution is -2.38. The molecule has 2 aliphatic heterocycles. The number of amides is 1. The standard InChI is InChI=1S/C21H24N6O5/c28-21(16-2-1-3-22-14-16)24-23-15-17-12-20(27(29)30)19(26-6-10-32-11-7-26)13-18(17)25-4-8-31-9-5-25/h1-3,12-15H,4-11H2,(H,24,28)/b23-15+. The molecule has 0 radical (unpaired) electrons. The van der Waals surface area contributed by atoms with Crippen LogP contribution in [-0.4, -0.2) is 74.6 Å². The number of hydrogen-bond acceptors (Lipinski definition) is 9. The predicted octanol–water partition coefficient (Wildman–Crippen LogP) is 1.43. The number of nitro groups is 1. The molecule has 11 heteroatoms. The lowest BCUT2D eigenvalue weighted by molar-refractivity contribution is -0.384. The van der Waals surface area contributed by atoms with Gasteiger partial charge in [0, 0.05) is 55.9 Å². The number of nitro benzene ring substituents is 1. The van der Waals surface area contributed by atoms with Crippen molar-refractivity contribution in [1.82, 2.24) is 10.4 Å². The van der Waals surface area contributed by atoms with Gasteiger partial charge in [0.25, 0.3) is 11.6 Å². The molecule has 2 aliphatic rings. The molecule has 0 aliphatic carbocycles. The number of pyridine rings is 1. The van der Waals surface area contributed by atoms with Gasteiger partial charge in [0.2, 0.25) is 0 Å². The number of morpholine rings is 2. The highest BCUT2D eigenvalue weighted by atomic mass is 16.6. The van der Waals surface area contributed by atoms with Gasteiger partial charge in [-0.05, 0) is 18.2 Å². The third kappa shape index (κ3) is 5.01. The molecule has 3 heterocycles. The summed E-state index contributed by atoms with van der Waals surface area (Å²) < 4.78 is 10.9. The van der Waals surface area contributed by atoms with Crippen molar-refractivity contribution < 1.29 is 19.2 Å². The summed E-state index contributed by atoms with van der Waals surface area (Å²) in [6.07, 6.45) is 4.45. The summed E-state index contributed by atoms with van der Waals surface area (Å²) in [5.74, 6) is -0.415. The number of benzene rings is 1. The van der Waals surface area contributed by atoms with E-state index in [2.05, 4.69) is 20.4 Å². The van der Waals surface area contributed by atoms with Crippen molar-refractivity contribution in [2.45, 2.75) is 0 Å². The van der Waals surface area contributed by atoms with Gasteiger partial charge in [-0.1, -0.05) is 0 Å². The summed E-state index contributed by atoms with van der Waals surface area (Å²) in [4.78, 5) is 31.7. The highest BCUT2D eigenvalue weighted by Gasteiger charge is 2.26. The van der Waals surface area contributed by atoms with Crippen molar-refractivity contribution in [1.29, 1.82) is 0 Å². The Kier molecular flexibility index (Phi) is 6.87. The minimum atomic E-state index is -0.415. The SMILES string of the molecule is O=C(N/N=C/c1cc([N+](=O)[O-])c(N2CCOCC2)cc1N1CCOCC1)c1cccnc1. The molecule has 2 aromatic rings. The molecule has 0 unspecified atom stereocenters. The molecule has 1 amide bonds. The lowest BCUT2D eigenvalue weighted by atomic mass is 10.1. The molecule has 1 N–H and O–H groups in total. The number of carbonyl (C=O) groups excluding carboxylic acids is 1. The van der Waals surface area contributed by atoms with Crippen LogP contribution in [0.1, 0.15) is 15.9 Å². The van der Waals surface area contributed by atoms with Crippen LogP contribution < -0.4 is 15.2 Å². The Morgan fingerprint density at radius 3 is 2.34 bits per heavy atom. The molecule has 0 spiro atoms. The van der Waals surface area contributed by atoms with Crippen molar-refractivity contribution >= 4 is 29.2 Å². The van der Waals surface area contributed by atoms with Crippen LogP contribution in [0.25, 0.3) is 0 Å². The van der Waals surface area contributed by atoms with Gasteiger partial charge in [0.15, 0.2) is 0 Å². The van der Waals surface area contributed by atoms with E-state index >= 15 is 0 Å². The van der Waals surface area contributed by atoms with E-state index < -0.39 is 5.91 Å². The number of anilines is 2. The smallest absolute Gasteiger partial charge is 0.293 e. The van der Waals surface area contributed by atoms with E-state index in [1.807, 2.05) is 11.0 Å². The van der Waals surface area contributed by atoms with E-state index in [-0.39, 0.29) is 10.6 Å². The minimum absolute atomic E-state index is 0.0102. The van der Waals surface area contributed by atoms with Crippen molar-refractivity contribution in [2.24, 2.45) is 5.10 Å². The summed E-state index contributed by atoms with van der Waals surface area (Å²) in [6.45, 7) is 4.65. The minimum Gasteiger partial charge on any atom is -0.378 e. The summed E-state index contributed by atoms with van der Waals surface area (Å²) >= 11 is 0. The molecule has 11 nitrogen and oxygen atoms in total. The van der Waals surface area contributed by atoms with Crippen LogP contribution in [0.15, 0.2) is 41.8 Å². The van der Waals surface area contributed by atoms with Gasteiger partial charge < -0.3 is 19.3 Å². The zero-order valence-corrected chi connectivity index (χ0v) is 17.5. The van der Waals surface area contributed by atoms with E-state index in [4.69, 9.17) is 9.47 Å². The van der Waals surface area contributed by atoms with Crippen LogP contribution in [0.5, 0.6) is 0 Å². The Labute approximate surface area is 184 Å². The highest BCUT2D eigenvalue weighted by molar-refractivity contribution is 5.96. The summed E-state index contributed by atoms with van der Waals surface area (Å²) in [6, 6.07) is 6.62. The highest BCUT2D eigenvalue weighted by Crippen LogP contribution is 2.36. The van der Waals surface area contributed by atoms with Crippen LogP contribution >= 0.6 is 0 Å². The zero-order valence-electron chi connectivity index (χ0n) is 17.5. The van der Waals surface area contributed by atoms with Crippen molar-refractivity contribution in [2.75, 3.05) is 62.4 Å². The molecule has 1 aromatic carbocycles. The topological polar surface area (TPSA) is 122 Å². The number of aromatic nitrogens is 1. The summed E-state index contributed by atoms with van der Waals surface area (Å²) in [5.41, 5.74) is 4.71. The van der Waals surface area contributed by atoms with Crippen molar-refractivity contribution in [3.8, 4) is 0 Å². The maximum atomic E-state index is 12.2. The molecule has 0 saturated carbocycles. The fourth-order valence-corrected chi connectivity index (χ4v) is 3.69. The maximum Gasteiger partial charge on any atom is 0.293 e. The largest absolute Gasteiger partial charge is 0.378 e. The van der Waals surface area contributed by atoms with E-state index in [0.717, 1.165) is 5.69 Å². The molecular formula is C21H24N6O5. The molecule has 2 fully saturated rings. The Morgan fingerprint density at radius 2 is 1.75 bits per heavy atom. The Hall–Kier alpha value is -3.57. The van der Waals surface area contributed by atoms with Crippen molar-refractivity contribution in [3.05, 3.63) is 57.9 Å². The van der Waals surface area contributed by atoms with E-state index in [0.29, 0.717) is 69.4 Å². The number of nitrogens with one attached hydrogen (secondary N) is 1. The third-order valence-corrected chi connectivity index (χ3v) is 5.32.